The predicted molar refractivity (Wildman–Crippen MR) is 80.9 cm³/mol. The highest BCUT2D eigenvalue weighted by atomic mass is 32.2. The molecule has 1 rings (SSSR count). The molecule has 0 aromatic heterocycles. The van der Waals surface area contributed by atoms with Crippen LogP contribution in [0.2, 0.25) is 0 Å². The Kier molecular flexibility index (Phi) is 6.17. The molecule has 4 nitrogen and oxygen atoms in total. The van der Waals surface area contributed by atoms with Gasteiger partial charge in [-0.05, 0) is 41.5 Å². The second-order valence-electron chi connectivity index (χ2n) is 5.52. The van der Waals surface area contributed by atoms with E-state index >= 15 is 0 Å². The Labute approximate surface area is 122 Å². The molecule has 0 saturated heterocycles. The van der Waals surface area contributed by atoms with Crippen LogP contribution in [0.15, 0.2) is 23.1 Å². The Morgan fingerprint density at radius 3 is 2.35 bits per heavy atom. The topological polar surface area (TPSA) is 66.4 Å². The third-order valence-corrected chi connectivity index (χ3v) is 5.19. The van der Waals surface area contributed by atoms with Crippen molar-refractivity contribution in [3.05, 3.63) is 29.3 Å². The largest absolute Gasteiger partial charge is 0.392 e. The maximum atomic E-state index is 12.2. The first-order valence-corrected chi connectivity index (χ1v) is 8.52. The normalized spacial score (nSPS) is 13.7. The van der Waals surface area contributed by atoms with Crippen LogP contribution in [0.3, 0.4) is 0 Å². The zero-order chi connectivity index (χ0) is 15.3. The van der Waals surface area contributed by atoms with E-state index in [0.29, 0.717) is 18.0 Å². The van der Waals surface area contributed by atoms with Gasteiger partial charge in [-0.25, -0.2) is 13.1 Å². The summed E-state index contributed by atoms with van der Waals surface area (Å²) in [6.45, 7) is 8.41. The maximum absolute atomic E-state index is 12.2. The lowest BCUT2D eigenvalue weighted by atomic mass is 9.99. The second kappa shape index (κ2) is 7.20. The van der Waals surface area contributed by atoms with Crippen LogP contribution >= 0.6 is 0 Å². The Bertz CT molecular complexity index is 538. The zero-order valence-corrected chi connectivity index (χ0v) is 13.5. The number of aryl methyl sites for hydroxylation is 1. The number of aliphatic hydroxyl groups excluding tert-OH is 1. The molecule has 0 heterocycles. The molecular formula is C15H25NO3S. The molecule has 0 bridgehead atoms. The molecule has 1 unspecified atom stereocenters. The Morgan fingerprint density at radius 2 is 1.85 bits per heavy atom. The van der Waals surface area contributed by atoms with E-state index in [9.17, 15) is 13.5 Å². The third-order valence-electron chi connectivity index (χ3n) is 3.77. The quantitative estimate of drug-likeness (QED) is 0.812. The van der Waals surface area contributed by atoms with Crippen molar-refractivity contribution in [3.8, 4) is 0 Å². The third kappa shape index (κ3) is 4.30. The van der Waals surface area contributed by atoms with Crippen LogP contribution in [0.5, 0.6) is 0 Å². The minimum atomic E-state index is -3.51. The summed E-state index contributed by atoms with van der Waals surface area (Å²) < 4.78 is 27.1. The number of aliphatic hydroxyl groups is 1. The minimum Gasteiger partial charge on any atom is -0.392 e. The summed E-state index contributed by atoms with van der Waals surface area (Å²) in [6, 6.07) is 4.92. The van der Waals surface area contributed by atoms with Crippen molar-refractivity contribution in [1.82, 2.24) is 4.72 Å². The molecule has 0 fully saturated rings. The fourth-order valence-electron chi connectivity index (χ4n) is 1.82. The van der Waals surface area contributed by atoms with Crippen molar-refractivity contribution in [2.24, 2.45) is 11.8 Å². The second-order valence-corrected chi connectivity index (χ2v) is 7.28. The number of hydrogen-bond acceptors (Lipinski definition) is 3. The molecule has 1 atom stereocenters. The van der Waals surface area contributed by atoms with Crippen molar-refractivity contribution < 1.29 is 13.5 Å². The number of benzene rings is 1. The van der Waals surface area contributed by atoms with E-state index in [1.54, 1.807) is 18.2 Å². The molecule has 0 aliphatic carbocycles. The Balaban J connectivity index is 2.93. The van der Waals surface area contributed by atoms with Crippen LogP contribution in [0, 0.1) is 11.8 Å². The van der Waals surface area contributed by atoms with Crippen molar-refractivity contribution in [3.63, 3.8) is 0 Å². The molecule has 1 aromatic rings. The summed E-state index contributed by atoms with van der Waals surface area (Å²) >= 11 is 0. The van der Waals surface area contributed by atoms with Crippen LogP contribution in [-0.4, -0.2) is 20.1 Å². The standard InChI is InChI=1S/C15H25NO3S/c1-5-13-6-7-15(8-14(13)10-17)20(18,19)16-9-12(4)11(2)3/h6-8,11-12,16-17H,5,9-10H2,1-4H3. The summed E-state index contributed by atoms with van der Waals surface area (Å²) in [5, 5.41) is 9.32. The Morgan fingerprint density at radius 1 is 1.20 bits per heavy atom. The maximum Gasteiger partial charge on any atom is 0.240 e. The first kappa shape index (κ1) is 17.1. The van der Waals surface area contributed by atoms with Gasteiger partial charge in [-0.3, -0.25) is 0 Å². The summed E-state index contributed by atoms with van der Waals surface area (Å²) in [7, 11) is -3.51. The molecular weight excluding hydrogens is 274 g/mol. The van der Waals surface area contributed by atoms with Crippen LogP contribution in [0.1, 0.15) is 38.8 Å². The van der Waals surface area contributed by atoms with Crippen LogP contribution in [0.25, 0.3) is 0 Å². The van der Waals surface area contributed by atoms with E-state index < -0.39 is 10.0 Å². The molecule has 0 amide bonds. The van der Waals surface area contributed by atoms with E-state index in [1.165, 1.54) is 0 Å². The van der Waals surface area contributed by atoms with Crippen molar-refractivity contribution in [2.75, 3.05) is 6.54 Å². The Hall–Kier alpha value is -0.910. The molecule has 0 spiro atoms. The van der Waals surface area contributed by atoms with Gasteiger partial charge < -0.3 is 5.11 Å². The molecule has 5 heteroatoms. The summed E-state index contributed by atoms with van der Waals surface area (Å²) in [5.74, 6) is 0.699. The van der Waals surface area contributed by atoms with Gasteiger partial charge in [0.25, 0.3) is 0 Å². The van der Waals surface area contributed by atoms with Gasteiger partial charge in [0.2, 0.25) is 10.0 Å². The summed E-state index contributed by atoms with van der Waals surface area (Å²) in [5.41, 5.74) is 1.65. The lowest BCUT2D eigenvalue weighted by molar-refractivity contribution is 0.280. The van der Waals surface area contributed by atoms with Gasteiger partial charge in [0.05, 0.1) is 11.5 Å². The van der Waals surface area contributed by atoms with E-state index in [-0.39, 0.29) is 17.4 Å². The molecule has 20 heavy (non-hydrogen) atoms. The molecule has 0 aliphatic rings. The van der Waals surface area contributed by atoms with Crippen molar-refractivity contribution in [2.45, 2.75) is 45.6 Å². The number of rotatable bonds is 7. The first-order chi connectivity index (χ1) is 9.31. The molecule has 1 aromatic carbocycles. The first-order valence-electron chi connectivity index (χ1n) is 7.04. The van der Waals surface area contributed by atoms with Crippen molar-refractivity contribution in [1.29, 1.82) is 0 Å². The highest BCUT2D eigenvalue weighted by molar-refractivity contribution is 7.89. The SMILES string of the molecule is CCc1ccc(S(=O)(=O)NCC(C)C(C)C)cc1CO. The van der Waals surface area contributed by atoms with E-state index in [1.807, 2.05) is 13.8 Å². The average molecular weight is 299 g/mol. The van der Waals surface area contributed by atoms with Gasteiger partial charge >= 0.3 is 0 Å². The number of nitrogens with one attached hydrogen (secondary N) is 1. The highest BCUT2D eigenvalue weighted by Crippen LogP contribution is 2.17. The molecule has 0 saturated carbocycles. The van der Waals surface area contributed by atoms with Crippen molar-refractivity contribution >= 4 is 10.0 Å². The van der Waals surface area contributed by atoms with Gasteiger partial charge in [0.1, 0.15) is 0 Å². The lowest BCUT2D eigenvalue weighted by Crippen LogP contribution is -2.30. The summed E-state index contributed by atoms with van der Waals surface area (Å²) in [6.07, 6.45) is 0.772. The van der Waals surface area contributed by atoms with E-state index in [4.69, 9.17) is 0 Å². The minimum absolute atomic E-state index is 0.144. The average Bonchev–Trinajstić information content (AvgIpc) is 2.43. The van der Waals surface area contributed by atoms with E-state index in [0.717, 1.165) is 12.0 Å². The smallest absolute Gasteiger partial charge is 0.240 e. The van der Waals surface area contributed by atoms with E-state index in [2.05, 4.69) is 18.6 Å². The van der Waals surface area contributed by atoms with Gasteiger partial charge in [0, 0.05) is 6.54 Å². The van der Waals surface area contributed by atoms with Crippen LogP contribution < -0.4 is 4.72 Å². The van der Waals surface area contributed by atoms with Crippen LogP contribution in [0.4, 0.5) is 0 Å². The van der Waals surface area contributed by atoms with Crippen LogP contribution in [-0.2, 0) is 23.1 Å². The number of sulfonamides is 1. The molecule has 0 radical (unpaired) electrons. The molecule has 2 N–H and O–H groups in total. The fourth-order valence-corrected chi connectivity index (χ4v) is 3.02. The lowest BCUT2D eigenvalue weighted by Gasteiger charge is -2.16. The van der Waals surface area contributed by atoms with Gasteiger partial charge in [-0.15, -0.1) is 0 Å². The summed E-state index contributed by atoms with van der Waals surface area (Å²) in [4.78, 5) is 0.217. The zero-order valence-electron chi connectivity index (χ0n) is 12.7. The van der Waals surface area contributed by atoms with Gasteiger partial charge in [-0.2, -0.15) is 0 Å². The van der Waals surface area contributed by atoms with Gasteiger partial charge in [0.15, 0.2) is 0 Å². The molecule has 0 aliphatic heterocycles. The fraction of sp³-hybridized carbons (Fsp3) is 0.600. The number of hydrogen-bond donors (Lipinski definition) is 2. The predicted octanol–water partition coefficient (Wildman–Crippen LogP) is 2.31. The monoisotopic (exact) mass is 299 g/mol. The highest BCUT2D eigenvalue weighted by Gasteiger charge is 2.17. The molecule has 114 valence electrons. The van der Waals surface area contributed by atoms with Gasteiger partial charge in [-0.1, -0.05) is 33.8 Å².